The Bertz CT molecular complexity index is 52.5. The third kappa shape index (κ3) is 6.62. The summed E-state index contributed by atoms with van der Waals surface area (Å²) in [5, 5.41) is 0. The Morgan fingerprint density at radius 3 is 2.22 bits per heavy atom. The molecule has 0 nitrogen and oxygen atoms in total. The van der Waals surface area contributed by atoms with Gasteiger partial charge in [0.2, 0.25) is 0 Å². The quantitative estimate of drug-likeness (QED) is 0.506. The van der Waals surface area contributed by atoms with E-state index < -0.39 is 0 Å². The van der Waals surface area contributed by atoms with Gasteiger partial charge in [-0.05, 0) is 12.8 Å². The fraction of sp³-hybridized carbons (Fsp3) is 1.00. The number of hydrogen-bond acceptors (Lipinski definition) is 0. The van der Waals surface area contributed by atoms with Gasteiger partial charge in [0.1, 0.15) is 0 Å². The standard InChI is InChI=1S/C8H17I/c1-3-5-7-8(9)6-4-2/h8H,3-7H2,1-2H3. The summed E-state index contributed by atoms with van der Waals surface area (Å²) in [7, 11) is 0. The summed E-state index contributed by atoms with van der Waals surface area (Å²) in [6.45, 7) is 4.52. The molecule has 0 aliphatic rings. The first-order valence-corrected chi connectivity index (χ1v) is 5.19. The Kier molecular flexibility index (Phi) is 7.40. The molecule has 0 aliphatic heterocycles. The Hall–Kier alpha value is 0.730. The lowest BCUT2D eigenvalue weighted by Gasteiger charge is -2.05. The summed E-state index contributed by atoms with van der Waals surface area (Å²) < 4.78 is 0.938. The minimum absolute atomic E-state index is 0.938. The van der Waals surface area contributed by atoms with E-state index in [9.17, 15) is 0 Å². The molecule has 0 saturated carbocycles. The fourth-order valence-corrected chi connectivity index (χ4v) is 1.95. The van der Waals surface area contributed by atoms with Gasteiger partial charge in [-0.2, -0.15) is 0 Å². The van der Waals surface area contributed by atoms with Crippen LogP contribution in [-0.2, 0) is 0 Å². The molecule has 0 rings (SSSR count). The second-order valence-electron chi connectivity index (χ2n) is 2.53. The first kappa shape index (κ1) is 9.73. The van der Waals surface area contributed by atoms with Crippen LogP contribution in [0.3, 0.4) is 0 Å². The maximum atomic E-state index is 2.56. The molecule has 0 aromatic heterocycles. The summed E-state index contributed by atoms with van der Waals surface area (Å²) in [5.74, 6) is 0. The largest absolute Gasteiger partial charge is 0.0826 e. The zero-order chi connectivity index (χ0) is 7.11. The monoisotopic (exact) mass is 240 g/mol. The molecule has 9 heavy (non-hydrogen) atoms. The van der Waals surface area contributed by atoms with E-state index in [1.807, 2.05) is 0 Å². The highest BCUT2D eigenvalue weighted by molar-refractivity contribution is 14.1. The molecule has 0 aliphatic carbocycles. The van der Waals surface area contributed by atoms with Crippen LogP contribution in [-0.4, -0.2) is 3.92 Å². The zero-order valence-electron chi connectivity index (χ0n) is 6.49. The highest BCUT2D eigenvalue weighted by Crippen LogP contribution is 2.15. The third-order valence-electron chi connectivity index (χ3n) is 1.47. The maximum Gasteiger partial charge on any atom is 0.0109 e. The molecule has 0 fully saturated rings. The zero-order valence-corrected chi connectivity index (χ0v) is 8.65. The average molecular weight is 240 g/mol. The molecular weight excluding hydrogens is 223 g/mol. The van der Waals surface area contributed by atoms with Crippen LogP contribution in [0.2, 0.25) is 0 Å². The summed E-state index contributed by atoms with van der Waals surface area (Å²) in [6.07, 6.45) is 6.93. The molecule has 1 unspecified atom stereocenters. The second kappa shape index (κ2) is 6.84. The van der Waals surface area contributed by atoms with Gasteiger partial charge in [0, 0.05) is 3.92 Å². The average Bonchev–Trinajstić information content (AvgIpc) is 1.85. The van der Waals surface area contributed by atoms with Crippen molar-refractivity contribution in [2.24, 2.45) is 0 Å². The van der Waals surface area contributed by atoms with Crippen molar-refractivity contribution in [3.05, 3.63) is 0 Å². The number of halogens is 1. The van der Waals surface area contributed by atoms with Crippen LogP contribution in [0.25, 0.3) is 0 Å². The van der Waals surface area contributed by atoms with Crippen LogP contribution < -0.4 is 0 Å². The molecular formula is C8H17I. The fourth-order valence-electron chi connectivity index (χ4n) is 0.883. The van der Waals surface area contributed by atoms with Crippen molar-refractivity contribution in [3.8, 4) is 0 Å². The van der Waals surface area contributed by atoms with Gasteiger partial charge in [-0.1, -0.05) is 55.7 Å². The van der Waals surface area contributed by atoms with Gasteiger partial charge >= 0.3 is 0 Å². The van der Waals surface area contributed by atoms with Crippen LogP contribution in [0.5, 0.6) is 0 Å². The Morgan fingerprint density at radius 1 is 1.11 bits per heavy atom. The normalized spacial score (nSPS) is 13.7. The highest BCUT2D eigenvalue weighted by atomic mass is 127. The van der Waals surface area contributed by atoms with Gasteiger partial charge in [-0.15, -0.1) is 0 Å². The van der Waals surface area contributed by atoms with Gasteiger partial charge < -0.3 is 0 Å². The van der Waals surface area contributed by atoms with Crippen molar-refractivity contribution in [1.82, 2.24) is 0 Å². The molecule has 0 heterocycles. The third-order valence-corrected chi connectivity index (χ3v) is 2.72. The molecule has 0 N–H and O–H groups in total. The van der Waals surface area contributed by atoms with Crippen molar-refractivity contribution in [2.75, 3.05) is 0 Å². The molecule has 1 atom stereocenters. The summed E-state index contributed by atoms with van der Waals surface area (Å²) in [5.41, 5.74) is 0. The molecule has 56 valence electrons. The van der Waals surface area contributed by atoms with E-state index in [1.165, 1.54) is 32.1 Å². The van der Waals surface area contributed by atoms with Crippen molar-refractivity contribution in [1.29, 1.82) is 0 Å². The second-order valence-corrected chi connectivity index (χ2v) is 4.29. The lowest BCUT2D eigenvalue weighted by atomic mass is 10.1. The van der Waals surface area contributed by atoms with Crippen LogP contribution in [0, 0.1) is 0 Å². The van der Waals surface area contributed by atoms with Crippen molar-refractivity contribution in [3.63, 3.8) is 0 Å². The molecule has 0 radical (unpaired) electrons. The Balaban J connectivity index is 2.95. The molecule has 0 aromatic carbocycles. The SMILES string of the molecule is CCCCC(I)CCC. The van der Waals surface area contributed by atoms with Crippen LogP contribution in [0.4, 0.5) is 0 Å². The van der Waals surface area contributed by atoms with E-state index in [4.69, 9.17) is 0 Å². The lowest BCUT2D eigenvalue weighted by molar-refractivity contribution is 0.655. The predicted molar refractivity (Wildman–Crippen MR) is 52.2 cm³/mol. The van der Waals surface area contributed by atoms with Gasteiger partial charge in [0.25, 0.3) is 0 Å². The lowest BCUT2D eigenvalue weighted by Crippen LogP contribution is -1.95. The van der Waals surface area contributed by atoms with Crippen LogP contribution in [0.1, 0.15) is 46.0 Å². The molecule has 0 spiro atoms. The number of unbranched alkanes of at least 4 members (excludes halogenated alkanes) is 1. The summed E-state index contributed by atoms with van der Waals surface area (Å²) in [4.78, 5) is 0. The maximum absolute atomic E-state index is 2.56. The first-order valence-electron chi connectivity index (χ1n) is 3.95. The van der Waals surface area contributed by atoms with E-state index in [2.05, 4.69) is 36.4 Å². The first-order chi connectivity index (χ1) is 4.31. The van der Waals surface area contributed by atoms with E-state index in [0.717, 1.165) is 3.92 Å². The molecule has 0 amide bonds. The van der Waals surface area contributed by atoms with Crippen molar-refractivity contribution < 1.29 is 0 Å². The minimum atomic E-state index is 0.938. The molecule has 0 bridgehead atoms. The predicted octanol–water partition coefficient (Wildman–Crippen LogP) is 3.78. The number of hydrogen-bond donors (Lipinski definition) is 0. The molecule has 1 heteroatoms. The minimum Gasteiger partial charge on any atom is -0.0826 e. The topological polar surface area (TPSA) is 0 Å². The van der Waals surface area contributed by atoms with E-state index in [0.29, 0.717) is 0 Å². The van der Waals surface area contributed by atoms with E-state index in [1.54, 1.807) is 0 Å². The Morgan fingerprint density at radius 2 is 1.78 bits per heavy atom. The van der Waals surface area contributed by atoms with Crippen molar-refractivity contribution >= 4 is 22.6 Å². The van der Waals surface area contributed by atoms with Gasteiger partial charge in [0.05, 0.1) is 0 Å². The number of alkyl halides is 1. The van der Waals surface area contributed by atoms with Gasteiger partial charge in [-0.3, -0.25) is 0 Å². The molecule has 0 saturated heterocycles. The molecule has 0 aromatic rings. The van der Waals surface area contributed by atoms with E-state index >= 15 is 0 Å². The number of rotatable bonds is 5. The highest BCUT2D eigenvalue weighted by Gasteiger charge is 1.99. The smallest absolute Gasteiger partial charge is 0.0109 e. The Labute approximate surface area is 72.6 Å². The van der Waals surface area contributed by atoms with Gasteiger partial charge in [-0.25, -0.2) is 0 Å². The summed E-state index contributed by atoms with van der Waals surface area (Å²) >= 11 is 2.56. The van der Waals surface area contributed by atoms with E-state index in [-0.39, 0.29) is 0 Å². The van der Waals surface area contributed by atoms with Crippen molar-refractivity contribution in [2.45, 2.75) is 49.9 Å². The van der Waals surface area contributed by atoms with Crippen LogP contribution in [0.15, 0.2) is 0 Å². The van der Waals surface area contributed by atoms with Crippen LogP contribution >= 0.6 is 22.6 Å². The summed E-state index contributed by atoms with van der Waals surface area (Å²) in [6, 6.07) is 0. The van der Waals surface area contributed by atoms with Gasteiger partial charge in [0.15, 0.2) is 0 Å².